The normalized spacial score (nSPS) is 18.8. The zero-order chi connectivity index (χ0) is 10.2. The van der Waals surface area contributed by atoms with Crippen molar-refractivity contribution in [2.24, 2.45) is 5.92 Å². The summed E-state index contributed by atoms with van der Waals surface area (Å²) < 4.78 is 0. The van der Waals surface area contributed by atoms with E-state index in [4.69, 9.17) is 5.26 Å². The lowest BCUT2D eigenvalue weighted by molar-refractivity contribution is -0.117. The number of allylic oxidation sites excluding steroid dienone is 2. The van der Waals surface area contributed by atoms with Crippen LogP contribution in [0.4, 0.5) is 0 Å². The minimum absolute atomic E-state index is 0.0958. The van der Waals surface area contributed by atoms with E-state index >= 15 is 0 Å². The molecule has 72 valence electrons. The highest BCUT2D eigenvalue weighted by molar-refractivity contribution is 5.94. The molecule has 2 nitrogen and oxygen atoms in total. The molecule has 0 aromatic heterocycles. The second-order valence-corrected chi connectivity index (χ2v) is 3.31. The van der Waals surface area contributed by atoms with Crippen LogP contribution in [0.3, 0.4) is 0 Å². The van der Waals surface area contributed by atoms with Gasteiger partial charge in [0.05, 0.1) is 6.07 Å². The molecule has 0 aromatic carbocycles. The van der Waals surface area contributed by atoms with Crippen LogP contribution >= 0.6 is 0 Å². The van der Waals surface area contributed by atoms with Crippen molar-refractivity contribution in [2.75, 3.05) is 0 Å². The van der Waals surface area contributed by atoms with E-state index in [1.165, 1.54) is 0 Å². The molecule has 0 amide bonds. The van der Waals surface area contributed by atoms with Gasteiger partial charge < -0.3 is 0 Å². The van der Waals surface area contributed by atoms with Gasteiger partial charge in [-0.05, 0) is 18.9 Å². The summed E-state index contributed by atoms with van der Waals surface area (Å²) in [5, 5.41) is 8.28. The Kier molecular flexibility index (Phi) is 4.51. The van der Waals surface area contributed by atoms with E-state index in [1.54, 1.807) is 6.08 Å². The van der Waals surface area contributed by atoms with Gasteiger partial charge in [0.1, 0.15) is 0 Å². The number of hydrogen-bond donors (Lipinski definition) is 0. The molecular formula is C12H13NO. The van der Waals surface area contributed by atoms with Crippen LogP contribution in [0.15, 0.2) is 12.2 Å². The third kappa shape index (κ3) is 3.46. The molecule has 1 aliphatic carbocycles. The average molecular weight is 187 g/mol. The maximum Gasteiger partial charge on any atom is 0.159 e. The zero-order valence-corrected chi connectivity index (χ0v) is 8.12. The van der Waals surface area contributed by atoms with Gasteiger partial charge in [0.25, 0.3) is 0 Å². The summed E-state index contributed by atoms with van der Waals surface area (Å²) in [6.07, 6.45) is 7.22. The molecule has 2 heteroatoms. The van der Waals surface area contributed by atoms with Crippen molar-refractivity contribution in [1.82, 2.24) is 0 Å². The largest absolute Gasteiger partial charge is 0.295 e. The van der Waals surface area contributed by atoms with E-state index in [9.17, 15) is 4.79 Å². The Bertz CT molecular complexity index is 324. The maximum absolute atomic E-state index is 11.1. The number of ketones is 1. The van der Waals surface area contributed by atoms with E-state index < -0.39 is 0 Å². The van der Waals surface area contributed by atoms with Gasteiger partial charge in [-0.3, -0.25) is 4.79 Å². The number of hydrogen-bond acceptors (Lipinski definition) is 2. The van der Waals surface area contributed by atoms with E-state index in [-0.39, 0.29) is 11.7 Å². The molecule has 0 N–H and O–H groups in total. The number of unbranched alkanes of at least 4 members (excludes halogenated alkanes) is 2. The lowest BCUT2D eigenvalue weighted by Crippen LogP contribution is -2.04. The molecule has 14 heavy (non-hydrogen) atoms. The van der Waals surface area contributed by atoms with Crippen LogP contribution in [-0.4, -0.2) is 5.78 Å². The van der Waals surface area contributed by atoms with Gasteiger partial charge in [0.15, 0.2) is 5.78 Å². The molecule has 1 aliphatic rings. The van der Waals surface area contributed by atoms with Gasteiger partial charge in [-0.25, -0.2) is 0 Å². The van der Waals surface area contributed by atoms with Crippen LogP contribution < -0.4 is 0 Å². The summed E-state index contributed by atoms with van der Waals surface area (Å²) in [6, 6.07) is 2.07. The van der Waals surface area contributed by atoms with Crippen molar-refractivity contribution in [2.45, 2.75) is 32.1 Å². The monoisotopic (exact) mass is 187 g/mol. The summed E-state index contributed by atoms with van der Waals surface area (Å²) in [4.78, 5) is 11.1. The highest BCUT2D eigenvalue weighted by Crippen LogP contribution is 2.16. The number of rotatable bonds is 3. The third-order valence-electron chi connectivity index (χ3n) is 2.17. The van der Waals surface area contributed by atoms with E-state index in [1.807, 2.05) is 6.08 Å². The van der Waals surface area contributed by atoms with E-state index in [0.717, 1.165) is 19.3 Å². The molecular weight excluding hydrogens is 174 g/mol. The second-order valence-electron chi connectivity index (χ2n) is 3.31. The molecule has 0 unspecified atom stereocenters. The minimum Gasteiger partial charge on any atom is -0.295 e. The molecule has 1 atom stereocenters. The Morgan fingerprint density at radius 2 is 2.29 bits per heavy atom. The van der Waals surface area contributed by atoms with E-state index in [0.29, 0.717) is 12.8 Å². The second kappa shape index (κ2) is 6.00. The fourth-order valence-corrected chi connectivity index (χ4v) is 1.32. The molecule has 0 heterocycles. The van der Waals surface area contributed by atoms with Crippen molar-refractivity contribution in [3.05, 3.63) is 12.2 Å². The van der Waals surface area contributed by atoms with Crippen LogP contribution in [0, 0.1) is 29.1 Å². The molecule has 1 rings (SSSR count). The molecule has 0 saturated heterocycles. The van der Waals surface area contributed by atoms with Crippen LogP contribution in [0.2, 0.25) is 0 Å². The number of nitriles is 1. The summed E-state index contributed by atoms with van der Waals surface area (Å²) >= 11 is 0. The number of carbonyl (C=O) groups is 1. The van der Waals surface area contributed by atoms with Crippen molar-refractivity contribution < 1.29 is 4.79 Å². The average Bonchev–Trinajstić information content (AvgIpc) is 2.58. The topological polar surface area (TPSA) is 40.9 Å². The fraction of sp³-hybridized carbons (Fsp3) is 0.500. The van der Waals surface area contributed by atoms with Gasteiger partial charge in [-0.2, -0.15) is 5.26 Å². The highest BCUT2D eigenvalue weighted by atomic mass is 16.1. The van der Waals surface area contributed by atoms with Crippen LogP contribution in [0.1, 0.15) is 32.1 Å². The Morgan fingerprint density at radius 1 is 1.43 bits per heavy atom. The first-order valence-electron chi connectivity index (χ1n) is 4.87. The molecule has 0 bridgehead atoms. The highest BCUT2D eigenvalue weighted by Gasteiger charge is 2.17. The Labute approximate surface area is 84.6 Å². The number of nitrogens with zero attached hydrogens (tertiary/aromatic N) is 1. The van der Waals surface area contributed by atoms with Crippen molar-refractivity contribution in [3.63, 3.8) is 0 Å². The molecule has 0 spiro atoms. The van der Waals surface area contributed by atoms with Crippen LogP contribution in [0.5, 0.6) is 0 Å². The molecule has 0 fully saturated rings. The number of carbonyl (C=O) groups excluding carboxylic acids is 1. The van der Waals surface area contributed by atoms with Gasteiger partial charge in [0, 0.05) is 25.2 Å². The first-order valence-corrected chi connectivity index (χ1v) is 4.87. The predicted molar refractivity (Wildman–Crippen MR) is 54.1 cm³/mol. The van der Waals surface area contributed by atoms with Crippen molar-refractivity contribution in [3.8, 4) is 17.9 Å². The minimum atomic E-state index is 0.0958. The summed E-state index contributed by atoms with van der Waals surface area (Å²) in [5.41, 5.74) is 0. The van der Waals surface area contributed by atoms with Crippen LogP contribution in [0.25, 0.3) is 0 Å². The van der Waals surface area contributed by atoms with Crippen molar-refractivity contribution in [1.29, 1.82) is 5.26 Å². The lowest BCUT2D eigenvalue weighted by atomic mass is 10.0. The SMILES string of the molecule is N#CCCCC#CC[C@@H]1CC=CC1=O. The summed E-state index contributed by atoms with van der Waals surface area (Å²) in [7, 11) is 0. The molecule has 0 radical (unpaired) electrons. The van der Waals surface area contributed by atoms with Gasteiger partial charge >= 0.3 is 0 Å². The summed E-state index contributed by atoms with van der Waals surface area (Å²) in [5.74, 6) is 6.28. The zero-order valence-electron chi connectivity index (χ0n) is 8.12. The van der Waals surface area contributed by atoms with Crippen LogP contribution in [-0.2, 0) is 4.79 Å². The van der Waals surface area contributed by atoms with Gasteiger partial charge in [0.2, 0.25) is 0 Å². The Morgan fingerprint density at radius 3 is 2.93 bits per heavy atom. The van der Waals surface area contributed by atoms with Gasteiger partial charge in [-0.1, -0.05) is 6.08 Å². The first-order chi connectivity index (χ1) is 6.84. The van der Waals surface area contributed by atoms with Gasteiger partial charge in [-0.15, -0.1) is 11.8 Å². The third-order valence-corrected chi connectivity index (χ3v) is 2.17. The first kappa shape index (κ1) is 10.5. The molecule has 0 saturated carbocycles. The Balaban J connectivity index is 2.14. The molecule has 0 aromatic rings. The lowest BCUT2D eigenvalue weighted by Gasteiger charge is -1.99. The quantitative estimate of drug-likeness (QED) is 0.502. The predicted octanol–water partition coefficient (Wildman–Crippen LogP) is 2.22. The Hall–Kier alpha value is -1.54. The smallest absolute Gasteiger partial charge is 0.159 e. The fourth-order valence-electron chi connectivity index (χ4n) is 1.32. The van der Waals surface area contributed by atoms with Crippen molar-refractivity contribution >= 4 is 5.78 Å². The molecule has 0 aliphatic heterocycles. The van der Waals surface area contributed by atoms with E-state index in [2.05, 4.69) is 17.9 Å². The summed E-state index contributed by atoms with van der Waals surface area (Å²) in [6.45, 7) is 0. The maximum atomic E-state index is 11.1. The standard InChI is InChI=1S/C12H13NO/c13-10-5-3-1-2-4-7-11-8-6-9-12(11)14/h6,9,11H,1,3,5,7-8H2/t11-/m1/s1.